The third-order valence-electron chi connectivity index (χ3n) is 1.17. The van der Waals surface area contributed by atoms with Crippen molar-refractivity contribution in [3.8, 4) is 0 Å². The third kappa shape index (κ3) is 1.00. The lowest BCUT2D eigenvalue weighted by atomic mass is 10.2. The maximum atomic E-state index is 10.4. The maximum Gasteiger partial charge on any atom is 0.400 e. The van der Waals surface area contributed by atoms with Gasteiger partial charge in [0.05, 0.1) is 0 Å². The van der Waals surface area contributed by atoms with Gasteiger partial charge in [0.1, 0.15) is 6.34 Å². The number of hydrogen-bond donors (Lipinski definition) is 2. The molecule has 1 aliphatic heterocycles. The molecule has 7 heteroatoms. The van der Waals surface area contributed by atoms with Crippen LogP contribution in [0.5, 0.6) is 0 Å². The van der Waals surface area contributed by atoms with Gasteiger partial charge in [-0.25, -0.2) is 19.6 Å². The summed E-state index contributed by atoms with van der Waals surface area (Å²) < 4.78 is 4.30. The van der Waals surface area contributed by atoms with Crippen LogP contribution < -0.4 is 0 Å². The molecule has 1 rings (SSSR count). The van der Waals surface area contributed by atoms with Gasteiger partial charge in [-0.3, -0.25) is 0 Å². The maximum absolute atomic E-state index is 10.4. The number of aliphatic imine (C=N–C) groups is 2. The summed E-state index contributed by atoms with van der Waals surface area (Å²) >= 11 is 0. The second-order valence-electron chi connectivity index (χ2n) is 1.87. The Bertz CT molecular complexity index is 268. The van der Waals surface area contributed by atoms with Gasteiger partial charge in [0.15, 0.2) is 6.40 Å². The predicted molar refractivity (Wildman–Crippen MR) is 36.1 cm³/mol. The Kier molecular flexibility index (Phi) is 1.78. The molecule has 0 aliphatic carbocycles. The molecule has 0 aromatic carbocycles. The fourth-order valence-electron chi connectivity index (χ4n) is 0.582. The van der Waals surface area contributed by atoms with E-state index in [9.17, 15) is 9.59 Å². The van der Waals surface area contributed by atoms with Crippen LogP contribution in [-0.4, -0.2) is 40.6 Å². The first-order valence-electron chi connectivity index (χ1n) is 2.79. The number of ether oxygens (including phenoxy) is 1. The molecule has 0 spiro atoms. The van der Waals surface area contributed by atoms with E-state index in [-0.39, 0.29) is 0 Å². The van der Waals surface area contributed by atoms with Gasteiger partial charge in [-0.2, -0.15) is 0 Å². The molecule has 64 valence electrons. The molecule has 0 saturated carbocycles. The topological polar surface area (TPSA) is 109 Å². The molecule has 0 fully saturated rings. The van der Waals surface area contributed by atoms with Gasteiger partial charge in [0.25, 0.3) is 0 Å². The van der Waals surface area contributed by atoms with E-state index in [0.717, 1.165) is 12.7 Å². The van der Waals surface area contributed by atoms with E-state index in [0.29, 0.717) is 0 Å². The van der Waals surface area contributed by atoms with Crippen LogP contribution in [0.3, 0.4) is 0 Å². The molecule has 0 unspecified atom stereocenters. The highest BCUT2D eigenvalue weighted by molar-refractivity contribution is 6.04. The molecule has 0 atom stereocenters. The Morgan fingerprint density at radius 3 is 2.17 bits per heavy atom. The highest BCUT2D eigenvalue weighted by Gasteiger charge is 2.50. The number of carbonyl (C=O) groups is 2. The second-order valence-corrected chi connectivity index (χ2v) is 1.87. The van der Waals surface area contributed by atoms with Crippen LogP contribution in [0, 0.1) is 0 Å². The largest absolute Gasteiger partial charge is 0.476 e. The summed E-state index contributed by atoms with van der Waals surface area (Å²) in [6, 6.07) is 0. The summed E-state index contributed by atoms with van der Waals surface area (Å²) in [7, 11) is 0. The van der Waals surface area contributed by atoms with E-state index in [4.69, 9.17) is 10.2 Å². The van der Waals surface area contributed by atoms with Crippen LogP contribution in [0.15, 0.2) is 9.98 Å². The van der Waals surface area contributed by atoms with E-state index in [1.54, 1.807) is 0 Å². The van der Waals surface area contributed by atoms with Gasteiger partial charge < -0.3 is 14.9 Å². The van der Waals surface area contributed by atoms with Crippen molar-refractivity contribution < 1.29 is 24.5 Å². The van der Waals surface area contributed by atoms with Crippen LogP contribution >= 0.6 is 0 Å². The average molecular weight is 172 g/mol. The Balaban J connectivity index is 3.04. The van der Waals surface area contributed by atoms with Crippen molar-refractivity contribution in [1.29, 1.82) is 0 Å². The number of hydrogen-bond acceptors (Lipinski definition) is 5. The SMILES string of the molecule is O=C(O)C1(C(=O)O)N=CN=CO1. The zero-order valence-corrected chi connectivity index (χ0v) is 5.67. The van der Waals surface area contributed by atoms with Crippen molar-refractivity contribution in [2.45, 2.75) is 5.72 Å². The Morgan fingerprint density at radius 1 is 1.33 bits per heavy atom. The quantitative estimate of drug-likeness (QED) is 0.516. The first kappa shape index (κ1) is 8.18. The number of nitrogens with zero attached hydrogens (tertiary/aromatic N) is 2. The van der Waals surface area contributed by atoms with E-state index >= 15 is 0 Å². The third-order valence-corrected chi connectivity index (χ3v) is 1.17. The normalized spacial score (nSPS) is 18.3. The Labute approximate surface area is 66.0 Å². The molecule has 2 N–H and O–H groups in total. The number of aliphatic carboxylic acids is 2. The second kappa shape index (κ2) is 2.61. The van der Waals surface area contributed by atoms with E-state index in [1.807, 2.05) is 0 Å². The summed E-state index contributed by atoms with van der Waals surface area (Å²) in [6.07, 6.45) is 1.53. The molecule has 0 saturated heterocycles. The van der Waals surface area contributed by atoms with Gasteiger partial charge in [0, 0.05) is 0 Å². The lowest BCUT2D eigenvalue weighted by Gasteiger charge is -2.19. The van der Waals surface area contributed by atoms with E-state index in [2.05, 4.69) is 14.7 Å². The van der Waals surface area contributed by atoms with Crippen molar-refractivity contribution >= 4 is 24.7 Å². The molecule has 1 aliphatic rings. The van der Waals surface area contributed by atoms with Crippen molar-refractivity contribution in [3.63, 3.8) is 0 Å². The van der Waals surface area contributed by atoms with Gasteiger partial charge in [0.2, 0.25) is 0 Å². The minimum absolute atomic E-state index is 0.717. The van der Waals surface area contributed by atoms with Crippen LogP contribution in [0.1, 0.15) is 0 Å². The molecule has 0 aromatic heterocycles. The summed E-state index contributed by atoms with van der Waals surface area (Å²) in [5.74, 6) is -3.39. The summed E-state index contributed by atoms with van der Waals surface area (Å²) in [6.45, 7) is 0. The van der Waals surface area contributed by atoms with Crippen molar-refractivity contribution in [2.75, 3.05) is 0 Å². The number of carboxylic acids is 2. The van der Waals surface area contributed by atoms with Crippen LogP contribution in [-0.2, 0) is 14.3 Å². The van der Waals surface area contributed by atoms with Crippen LogP contribution in [0.4, 0.5) is 0 Å². The molecule has 7 nitrogen and oxygen atoms in total. The zero-order valence-electron chi connectivity index (χ0n) is 5.67. The molecule has 1 heterocycles. The van der Waals surface area contributed by atoms with Gasteiger partial charge in [-0.15, -0.1) is 0 Å². The van der Waals surface area contributed by atoms with Gasteiger partial charge in [-0.05, 0) is 0 Å². The summed E-state index contributed by atoms with van der Waals surface area (Å²) in [5.41, 5.74) is -2.57. The fraction of sp³-hybridized carbons (Fsp3) is 0.200. The molecule has 0 amide bonds. The molecular formula is C5H4N2O5. The zero-order chi connectivity index (χ0) is 9.19. The first-order valence-corrected chi connectivity index (χ1v) is 2.79. The highest BCUT2D eigenvalue weighted by Crippen LogP contribution is 2.14. The monoisotopic (exact) mass is 172 g/mol. The standard InChI is InChI=1S/C5H4N2O5/c8-3(9)5(4(10)11)7-1-6-2-12-5/h1-2H,(H,8,9)(H,10,11). The molecule has 0 radical (unpaired) electrons. The Morgan fingerprint density at radius 2 is 1.92 bits per heavy atom. The predicted octanol–water partition coefficient (Wildman–Crippen LogP) is -1.06. The van der Waals surface area contributed by atoms with E-state index < -0.39 is 17.7 Å². The number of carboxylic acid groups (broad SMARTS) is 2. The van der Waals surface area contributed by atoms with Crippen molar-refractivity contribution in [1.82, 2.24) is 0 Å². The first-order chi connectivity index (χ1) is 5.59. The number of rotatable bonds is 2. The molecular weight excluding hydrogens is 168 g/mol. The van der Waals surface area contributed by atoms with Crippen molar-refractivity contribution in [3.05, 3.63) is 0 Å². The lowest BCUT2D eigenvalue weighted by molar-refractivity contribution is -0.172. The van der Waals surface area contributed by atoms with Crippen LogP contribution in [0.2, 0.25) is 0 Å². The smallest absolute Gasteiger partial charge is 0.400 e. The fourth-order valence-corrected chi connectivity index (χ4v) is 0.582. The molecule has 12 heavy (non-hydrogen) atoms. The van der Waals surface area contributed by atoms with Gasteiger partial charge in [-0.1, -0.05) is 0 Å². The Hall–Kier alpha value is -1.92. The van der Waals surface area contributed by atoms with E-state index in [1.165, 1.54) is 0 Å². The van der Waals surface area contributed by atoms with Gasteiger partial charge >= 0.3 is 17.7 Å². The lowest BCUT2D eigenvalue weighted by Crippen LogP contribution is -2.48. The van der Waals surface area contributed by atoms with Crippen LogP contribution in [0.25, 0.3) is 0 Å². The molecule has 0 bridgehead atoms. The van der Waals surface area contributed by atoms with Crippen molar-refractivity contribution in [2.24, 2.45) is 9.98 Å². The average Bonchev–Trinajstić information content (AvgIpc) is 2.05. The highest BCUT2D eigenvalue weighted by atomic mass is 16.6. The minimum Gasteiger partial charge on any atom is -0.476 e. The molecule has 0 aromatic rings. The minimum atomic E-state index is -2.57. The summed E-state index contributed by atoms with van der Waals surface area (Å²) in [5, 5.41) is 17.0. The summed E-state index contributed by atoms with van der Waals surface area (Å²) in [4.78, 5) is 27.3.